The van der Waals surface area contributed by atoms with E-state index in [0.717, 1.165) is 16.9 Å². The lowest BCUT2D eigenvalue weighted by molar-refractivity contribution is -0.684. The molecular formula is C14H19Cl2N2O2+. The summed E-state index contributed by atoms with van der Waals surface area (Å²) in [6.07, 6.45) is -1.20. The van der Waals surface area contributed by atoms with E-state index < -0.39 is 12.2 Å². The number of aliphatic hydroxyl groups excluding tert-OH is 2. The van der Waals surface area contributed by atoms with Crippen molar-refractivity contribution in [3.63, 3.8) is 0 Å². The fourth-order valence-corrected chi connectivity index (χ4v) is 2.59. The first-order valence-corrected chi connectivity index (χ1v) is 7.61. The second-order valence-corrected chi connectivity index (χ2v) is 5.49. The molecule has 2 N–H and O–H groups in total. The standard InChI is InChI=1S/C14H19Cl2N2O2/c1-10-17(8-11(19)6-15)13-4-2-3-5-14(13)18(10)9-12(20)7-16/h2-5,11-12,19-20H,6-9H2,1H3/q+1/t11-,12-/m0/s1. The molecule has 0 aliphatic rings. The van der Waals surface area contributed by atoms with Gasteiger partial charge in [0.1, 0.15) is 25.3 Å². The van der Waals surface area contributed by atoms with Crippen LogP contribution in [0.1, 0.15) is 5.82 Å². The first-order valence-electron chi connectivity index (χ1n) is 6.54. The van der Waals surface area contributed by atoms with Gasteiger partial charge in [0.15, 0.2) is 11.0 Å². The summed E-state index contributed by atoms with van der Waals surface area (Å²) in [5, 5.41) is 19.6. The molecular weight excluding hydrogens is 299 g/mol. The maximum Gasteiger partial charge on any atom is 0.254 e. The van der Waals surface area contributed by atoms with Crippen molar-refractivity contribution < 1.29 is 14.8 Å². The molecule has 4 nitrogen and oxygen atoms in total. The van der Waals surface area contributed by atoms with E-state index in [1.165, 1.54) is 0 Å². The zero-order valence-electron chi connectivity index (χ0n) is 11.3. The molecule has 0 radical (unpaired) electrons. The van der Waals surface area contributed by atoms with Gasteiger partial charge in [0.2, 0.25) is 0 Å². The van der Waals surface area contributed by atoms with Crippen LogP contribution in [0.3, 0.4) is 0 Å². The van der Waals surface area contributed by atoms with Crippen molar-refractivity contribution in [3.05, 3.63) is 30.1 Å². The number of imidazole rings is 1. The fourth-order valence-electron chi connectivity index (χ4n) is 2.40. The Labute approximate surface area is 128 Å². The molecule has 0 fully saturated rings. The predicted octanol–water partition coefficient (Wildman–Crippen LogP) is 1.44. The molecule has 110 valence electrons. The highest BCUT2D eigenvalue weighted by molar-refractivity contribution is 6.18. The Kier molecular flexibility index (Phi) is 5.27. The van der Waals surface area contributed by atoms with Gasteiger partial charge in [0, 0.05) is 6.92 Å². The van der Waals surface area contributed by atoms with Crippen molar-refractivity contribution >= 4 is 34.2 Å². The third-order valence-corrected chi connectivity index (χ3v) is 4.10. The number of rotatable bonds is 6. The summed E-state index contributed by atoms with van der Waals surface area (Å²) in [7, 11) is 0. The summed E-state index contributed by atoms with van der Waals surface area (Å²) in [6, 6.07) is 7.89. The molecule has 1 aromatic carbocycles. The molecule has 2 aromatic rings. The van der Waals surface area contributed by atoms with Crippen molar-refractivity contribution in [1.82, 2.24) is 4.57 Å². The summed E-state index contributed by atoms with van der Waals surface area (Å²) >= 11 is 11.4. The molecule has 1 aromatic heterocycles. The molecule has 0 saturated heterocycles. The first-order chi connectivity index (χ1) is 9.58. The maximum absolute atomic E-state index is 9.80. The maximum atomic E-state index is 9.80. The highest BCUT2D eigenvalue weighted by Gasteiger charge is 2.24. The fraction of sp³-hybridized carbons (Fsp3) is 0.500. The molecule has 0 spiro atoms. The smallest absolute Gasteiger partial charge is 0.254 e. The number of halogens is 2. The summed E-state index contributed by atoms with van der Waals surface area (Å²) in [5.41, 5.74) is 2.02. The summed E-state index contributed by atoms with van der Waals surface area (Å²) in [5.74, 6) is 1.34. The van der Waals surface area contributed by atoms with Crippen LogP contribution in [0.4, 0.5) is 0 Å². The van der Waals surface area contributed by atoms with E-state index >= 15 is 0 Å². The molecule has 0 aliphatic heterocycles. The number of aliphatic hydroxyl groups is 2. The van der Waals surface area contributed by atoms with Crippen LogP contribution in [-0.4, -0.2) is 38.7 Å². The second-order valence-electron chi connectivity index (χ2n) is 4.87. The Morgan fingerprint density at radius 1 is 1.15 bits per heavy atom. The molecule has 20 heavy (non-hydrogen) atoms. The average Bonchev–Trinajstić information content (AvgIpc) is 2.72. The van der Waals surface area contributed by atoms with Crippen LogP contribution < -0.4 is 4.57 Å². The van der Waals surface area contributed by atoms with Crippen LogP contribution >= 0.6 is 23.2 Å². The van der Waals surface area contributed by atoms with Crippen molar-refractivity contribution in [3.8, 4) is 0 Å². The van der Waals surface area contributed by atoms with Gasteiger partial charge in [-0.25, -0.2) is 9.13 Å². The van der Waals surface area contributed by atoms with E-state index in [0.29, 0.717) is 13.1 Å². The zero-order chi connectivity index (χ0) is 14.7. The van der Waals surface area contributed by atoms with Crippen molar-refractivity contribution in [2.45, 2.75) is 32.2 Å². The lowest BCUT2D eigenvalue weighted by Gasteiger charge is -2.07. The Bertz CT molecular complexity index is 537. The van der Waals surface area contributed by atoms with Gasteiger partial charge in [-0.3, -0.25) is 0 Å². The topological polar surface area (TPSA) is 49.3 Å². The zero-order valence-corrected chi connectivity index (χ0v) is 12.8. The van der Waals surface area contributed by atoms with Crippen molar-refractivity contribution in [2.75, 3.05) is 11.8 Å². The van der Waals surface area contributed by atoms with Crippen LogP contribution in [0, 0.1) is 6.92 Å². The molecule has 0 amide bonds. The first kappa shape index (κ1) is 15.6. The van der Waals surface area contributed by atoms with Crippen LogP contribution in [0.2, 0.25) is 0 Å². The van der Waals surface area contributed by atoms with Crippen LogP contribution in [-0.2, 0) is 13.1 Å². The number of hydrogen-bond acceptors (Lipinski definition) is 2. The van der Waals surface area contributed by atoms with E-state index in [9.17, 15) is 10.2 Å². The molecule has 1 heterocycles. The number of alkyl halides is 2. The highest BCUT2D eigenvalue weighted by atomic mass is 35.5. The Balaban J connectivity index is 2.49. The number of benzene rings is 1. The summed E-state index contributed by atoms with van der Waals surface area (Å²) in [4.78, 5) is 0. The lowest BCUT2D eigenvalue weighted by atomic mass is 10.3. The van der Waals surface area contributed by atoms with Gasteiger partial charge < -0.3 is 10.2 Å². The quantitative estimate of drug-likeness (QED) is 0.625. The SMILES string of the molecule is Cc1n(C[C@@H](O)CCl)c2ccccc2[n+]1C[C@@H](O)CCl. The highest BCUT2D eigenvalue weighted by Crippen LogP contribution is 2.15. The summed E-state index contributed by atoms with van der Waals surface area (Å²) in [6.45, 7) is 2.82. The second kappa shape index (κ2) is 6.76. The largest absolute Gasteiger partial charge is 0.388 e. The van der Waals surface area contributed by atoms with Gasteiger partial charge in [0.05, 0.1) is 11.8 Å². The molecule has 6 heteroatoms. The van der Waals surface area contributed by atoms with Gasteiger partial charge in [-0.1, -0.05) is 12.1 Å². The molecule has 0 saturated carbocycles. The minimum atomic E-state index is -0.599. The third kappa shape index (κ3) is 3.09. The van der Waals surface area contributed by atoms with Gasteiger partial charge in [-0.2, -0.15) is 0 Å². The lowest BCUT2D eigenvalue weighted by Crippen LogP contribution is -2.43. The number of fused-ring (bicyclic) bond motifs is 1. The Morgan fingerprint density at radius 3 is 2.45 bits per heavy atom. The van der Waals surface area contributed by atoms with Crippen LogP contribution in [0.5, 0.6) is 0 Å². The normalized spacial score (nSPS) is 14.7. The number of nitrogens with zero attached hydrogens (tertiary/aromatic N) is 2. The van der Waals surface area contributed by atoms with Crippen LogP contribution in [0.15, 0.2) is 24.3 Å². The van der Waals surface area contributed by atoms with E-state index in [2.05, 4.69) is 0 Å². The predicted molar refractivity (Wildman–Crippen MR) is 80.3 cm³/mol. The number of para-hydroxylation sites is 2. The van der Waals surface area contributed by atoms with Crippen LogP contribution in [0.25, 0.3) is 11.0 Å². The van der Waals surface area contributed by atoms with E-state index in [1.54, 1.807) is 0 Å². The average molecular weight is 318 g/mol. The van der Waals surface area contributed by atoms with Crippen molar-refractivity contribution in [2.24, 2.45) is 0 Å². The Morgan fingerprint density at radius 2 is 1.80 bits per heavy atom. The van der Waals surface area contributed by atoms with Gasteiger partial charge in [-0.05, 0) is 12.1 Å². The van der Waals surface area contributed by atoms with Gasteiger partial charge in [0.25, 0.3) is 5.82 Å². The minimum absolute atomic E-state index is 0.191. The summed E-state index contributed by atoms with van der Waals surface area (Å²) < 4.78 is 4.03. The third-order valence-electron chi connectivity index (χ3n) is 3.39. The Hall–Kier alpha value is -0.810. The number of hydrogen-bond donors (Lipinski definition) is 2. The van der Waals surface area contributed by atoms with E-state index in [4.69, 9.17) is 23.2 Å². The molecule has 0 bridgehead atoms. The molecule has 0 aliphatic carbocycles. The molecule has 2 atom stereocenters. The van der Waals surface area contributed by atoms with Gasteiger partial charge in [-0.15, -0.1) is 23.2 Å². The minimum Gasteiger partial charge on any atom is -0.388 e. The number of aromatic nitrogens is 2. The molecule has 2 rings (SSSR count). The van der Waals surface area contributed by atoms with Crippen molar-refractivity contribution in [1.29, 1.82) is 0 Å². The van der Waals surface area contributed by atoms with E-state index in [1.807, 2.05) is 40.3 Å². The molecule has 0 unspecified atom stereocenters. The van der Waals surface area contributed by atoms with E-state index in [-0.39, 0.29) is 11.8 Å². The monoisotopic (exact) mass is 317 g/mol. The van der Waals surface area contributed by atoms with Gasteiger partial charge >= 0.3 is 0 Å².